The van der Waals surface area contributed by atoms with Crippen LogP contribution >= 0.6 is 0 Å². The maximum atomic E-state index is 10.9. The van der Waals surface area contributed by atoms with Gasteiger partial charge in [-0.3, -0.25) is 0 Å². The largest absolute Gasteiger partial charge is 0.378 e. The molecular formula is C5H11NO3S. The lowest BCUT2D eigenvalue weighted by Crippen LogP contribution is -2.38. The van der Waals surface area contributed by atoms with Crippen LogP contribution in [-0.4, -0.2) is 39.2 Å². The highest BCUT2D eigenvalue weighted by Gasteiger charge is 2.32. The topological polar surface area (TPSA) is 69.4 Å². The molecule has 0 aromatic heterocycles. The van der Waals surface area contributed by atoms with Gasteiger partial charge in [0.15, 0.2) is 9.84 Å². The van der Waals surface area contributed by atoms with Crippen molar-refractivity contribution in [3.63, 3.8) is 0 Å². The third-order valence-corrected chi connectivity index (χ3v) is 3.21. The summed E-state index contributed by atoms with van der Waals surface area (Å²) in [4.78, 5) is 0. The minimum absolute atomic E-state index is 0.250. The SMILES string of the molecule is CS(=O)(=O)[C@@H]1COC[C@H]1N. The van der Waals surface area contributed by atoms with Crippen LogP contribution in [0.4, 0.5) is 0 Å². The van der Waals surface area contributed by atoms with Crippen LogP contribution in [0.2, 0.25) is 0 Å². The Kier molecular flexibility index (Phi) is 1.98. The van der Waals surface area contributed by atoms with Crippen molar-refractivity contribution >= 4 is 9.84 Å². The summed E-state index contributed by atoms with van der Waals surface area (Å²) in [6, 6.07) is -0.338. The summed E-state index contributed by atoms with van der Waals surface area (Å²) >= 11 is 0. The lowest BCUT2D eigenvalue weighted by Gasteiger charge is -2.09. The fraction of sp³-hybridized carbons (Fsp3) is 1.00. The third kappa shape index (κ3) is 1.47. The van der Waals surface area contributed by atoms with Crippen molar-refractivity contribution in [2.75, 3.05) is 19.5 Å². The average Bonchev–Trinajstić information content (AvgIpc) is 2.11. The summed E-state index contributed by atoms with van der Waals surface area (Å²) in [5, 5.41) is -0.493. The second-order valence-corrected chi connectivity index (χ2v) is 4.83. The minimum Gasteiger partial charge on any atom is -0.378 e. The molecule has 0 spiro atoms. The van der Waals surface area contributed by atoms with Gasteiger partial charge in [-0.2, -0.15) is 0 Å². The van der Waals surface area contributed by atoms with Crippen LogP contribution in [-0.2, 0) is 14.6 Å². The van der Waals surface area contributed by atoms with E-state index in [-0.39, 0.29) is 12.6 Å². The first kappa shape index (κ1) is 7.97. The van der Waals surface area contributed by atoms with Crippen LogP contribution in [0.5, 0.6) is 0 Å². The van der Waals surface area contributed by atoms with Gasteiger partial charge in [0.2, 0.25) is 0 Å². The van der Waals surface area contributed by atoms with Gasteiger partial charge in [-0.25, -0.2) is 8.42 Å². The molecule has 0 radical (unpaired) electrons. The molecule has 2 atom stereocenters. The molecule has 10 heavy (non-hydrogen) atoms. The first-order valence-corrected chi connectivity index (χ1v) is 4.99. The van der Waals surface area contributed by atoms with Crippen molar-refractivity contribution in [3.8, 4) is 0 Å². The molecule has 0 unspecified atom stereocenters. The molecule has 60 valence electrons. The van der Waals surface area contributed by atoms with E-state index in [1.807, 2.05) is 0 Å². The van der Waals surface area contributed by atoms with E-state index < -0.39 is 15.1 Å². The number of nitrogens with two attached hydrogens (primary N) is 1. The highest BCUT2D eigenvalue weighted by Crippen LogP contribution is 2.11. The van der Waals surface area contributed by atoms with Crippen LogP contribution in [0.25, 0.3) is 0 Å². The van der Waals surface area contributed by atoms with Gasteiger partial charge in [0.25, 0.3) is 0 Å². The summed E-state index contributed by atoms with van der Waals surface area (Å²) < 4.78 is 26.7. The monoisotopic (exact) mass is 165 g/mol. The fourth-order valence-electron chi connectivity index (χ4n) is 0.992. The van der Waals surface area contributed by atoms with E-state index in [2.05, 4.69) is 0 Å². The smallest absolute Gasteiger partial charge is 0.154 e. The maximum Gasteiger partial charge on any atom is 0.154 e. The number of rotatable bonds is 1. The van der Waals surface area contributed by atoms with Gasteiger partial charge in [0.05, 0.1) is 13.2 Å². The van der Waals surface area contributed by atoms with Crippen LogP contribution in [0.1, 0.15) is 0 Å². The zero-order valence-corrected chi connectivity index (χ0v) is 6.60. The van der Waals surface area contributed by atoms with E-state index in [4.69, 9.17) is 10.5 Å². The molecule has 1 saturated heterocycles. The van der Waals surface area contributed by atoms with E-state index >= 15 is 0 Å². The van der Waals surface area contributed by atoms with Gasteiger partial charge in [0, 0.05) is 12.3 Å². The summed E-state index contributed by atoms with van der Waals surface area (Å²) in [5.74, 6) is 0. The van der Waals surface area contributed by atoms with Gasteiger partial charge >= 0.3 is 0 Å². The molecule has 1 aliphatic rings. The molecule has 2 N–H and O–H groups in total. The normalized spacial score (nSPS) is 34.6. The Hall–Kier alpha value is -0.130. The molecule has 5 heteroatoms. The molecule has 0 amide bonds. The highest BCUT2D eigenvalue weighted by atomic mass is 32.2. The molecule has 0 aliphatic carbocycles. The zero-order chi connectivity index (χ0) is 7.78. The van der Waals surface area contributed by atoms with Gasteiger partial charge in [-0.15, -0.1) is 0 Å². The number of hydrogen-bond acceptors (Lipinski definition) is 4. The molecule has 0 aromatic rings. The van der Waals surface area contributed by atoms with E-state index in [0.29, 0.717) is 6.61 Å². The van der Waals surface area contributed by atoms with Crippen LogP contribution < -0.4 is 5.73 Å². The van der Waals surface area contributed by atoms with Crippen molar-refractivity contribution in [1.29, 1.82) is 0 Å². The molecule has 0 saturated carbocycles. The van der Waals surface area contributed by atoms with Crippen LogP contribution in [0, 0.1) is 0 Å². The second kappa shape index (κ2) is 2.48. The Bertz CT molecular complexity index is 211. The van der Waals surface area contributed by atoms with E-state index in [1.165, 1.54) is 6.26 Å². The summed E-state index contributed by atoms with van der Waals surface area (Å²) in [6.45, 7) is 0.609. The lowest BCUT2D eigenvalue weighted by atomic mass is 10.3. The van der Waals surface area contributed by atoms with E-state index in [9.17, 15) is 8.42 Å². The predicted molar refractivity (Wildman–Crippen MR) is 37.4 cm³/mol. The molecule has 1 fully saturated rings. The van der Waals surface area contributed by atoms with Crippen molar-refractivity contribution in [1.82, 2.24) is 0 Å². The molecule has 0 bridgehead atoms. The van der Waals surface area contributed by atoms with E-state index in [0.717, 1.165) is 0 Å². The molecule has 0 aromatic carbocycles. The van der Waals surface area contributed by atoms with Crippen molar-refractivity contribution in [2.24, 2.45) is 5.73 Å². The second-order valence-electron chi connectivity index (χ2n) is 2.57. The zero-order valence-electron chi connectivity index (χ0n) is 5.78. The summed E-state index contributed by atoms with van der Waals surface area (Å²) in [5.41, 5.74) is 5.46. The number of sulfone groups is 1. The fourth-order valence-corrected chi connectivity index (χ4v) is 2.05. The molecule has 1 rings (SSSR count). The van der Waals surface area contributed by atoms with Gasteiger partial charge in [-0.1, -0.05) is 0 Å². The molecule has 1 heterocycles. The maximum absolute atomic E-state index is 10.9. The minimum atomic E-state index is -3.00. The Morgan fingerprint density at radius 2 is 2.10 bits per heavy atom. The van der Waals surface area contributed by atoms with Gasteiger partial charge in [0.1, 0.15) is 5.25 Å². The molecular weight excluding hydrogens is 154 g/mol. The average molecular weight is 165 g/mol. The Balaban J connectivity index is 2.74. The van der Waals surface area contributed by atoms with Crippen LogP contribution in [0.15, 0.2) is 0 Å². The van der Waals surface area contributed by atoms with Gasteiger partial charge in [-0.05, 0) is 0 Å². The first-order chi connectivity index (χ1) is 4.52. The molecule has 1 aliphatic heterocycles. The highest BCUT2D eigenvalue weighted by molar-refractivity contribution is 7.91. The van der Waals surface area contributed by atoms with Crippen LogP contribution in [0.3, 0.4) is 0 Å². The number of hydrogen-bond donors (Lipinski definition) is 1. The van der Waals surface area contributed by atoms with E-state index in [1.54, 1.807) is 0 Å². The number of ether oxygens (including phenoxy) is 1. The first-order valence-electron chi connectivity index (χ1n) is 3.04. The Morgan fingerprint density at radius 3 is 2.30 bits per heavy atom. The van der Waals surface area contributed by atoms with Crippen molar-refractivity contribution in [2.45, 2.75) is 11.3 Å². The predicted octanol–water partition coefficient (Wildman–Crippen LogP) is -1.24. The summed E-state index contributed by atoms with van der Waals surface area (Å²) in [6.07, 6.45) is 1.19. The quantitative estimate of drug-likeness (QED) is 0.527. The van der Waals surface area contributed by atoms with Crippen molar-refractivity contribution < 1.29 is 13.2 Å². The Labute approximate surface area is 60.3 Å². The Morgan fingerprint density at radius 1 is 1.50 bits per heavy atom. The third-order valence-electron chi connectivity index (χ3n) is 1.62. The molecule has 4 nitrogen and oxygen atoms in total. The van der Waals surface area contributed by atoms with Gasteiger partial charge < -0.3 is 10.5 Å². The lowest BCUT2D eigenvalue weighted by molar-refractivity contribution is 0.194. The van der Waals surface area contributed by atoms with Crippen molar-refractivity contribution in [3.05, 3.63) is 0 Å². The summed E-state index contributed by atoms with van der Waals surface area (Å²) in [7, 11) is -3.00. The standard InChI is InChI=1S/C5H11NO3S/c1-10(7,8)5-3-9-2-4(5)6/h4-5H,2-3,6H2,1H3/t4-,5-/m1/s1.